The molecule has 1 atom stereocenters. The minimum atomic E-state index is -0.669. The lowest BCUT2D eigenvalue weighted by Crippen LogP contribution is -2.53. The van der Waals surface area contributed by atoms with Gasteiger partial charge in [-0.05, 0) is 56.2 Å². The Morgan fingerprint density at radius 2 is 1.81 bits per heavy atom. The summed E-state index contributed by atoms with van der Waals surface area (Å²) >= 11 is 12.0. The fraction of sp³-hybridized carbons (Fsp3) is 0.391. The third-order valence-electron chi connectivity index (χ3n) is 5.48. The van der Waals surface area contributed by atoms with E-state index in [2.05, 4.69) is 5.32 Å². The zero-order valence-corrected chi connectivity index (χ0v) is 19.5. The maximum atomic E-state index is 12.8. The van der Waals surface area contributed by atoms with Gasteiger partial charge < -0.3 is 15.0 Å². The summed E-state index contributed by atoms with van der Waals surface area (Å²) in [6.45, 7) is 8.34. The molecular weight excluding hydrogens is 437 g/mol. The van der Waals surface area contributed by atoms with Crippen LogP contribution in [0.2, 0.25) is 10.0 Å². The minimum absolute atomic E-state index is 0.0532. The molecule has 1 saturated heterocycles. The van der Waals surface area contributed by atoms with Gasteiger partial charge in [0, 0.05) is 36.9 Å². The number of aryl methyl sites for hydroxylation is 1. The van der Waals surface area contributed by atoms with Crippen LogP contribution in [0.15, 0.2) is 36.4 Å². The molecule has 0 spiro atoms. The van der Waals surface area contributed by atoms with E-state index >= 15 is 0 Å². The molecule has 1 aliphatic heterocycles. The first-order valence-corrected chi connectivity index (χ1v) is 11.0. The molecule has 3 rings (SSSR count). The van der Waals surface area contributed by atoms with Crippen molar-refractivity contribution in [3.05, 3.63) is 57.6 Å². The van der Waals surface area contributed by atoms with E-state index in [4.69, 9.17) is 27.9 Å². The van der Waals surface area contributed by atoms with Crippen LogP contribution in [-0.2, 0) is 9.59 Å². The van der Waals surface area contributed by atoms with Crippen LogP contribution in [0.3, 0.4) is 0 Å². The molecule has 2 aromatic carbocycles. The van der Waals surface area contributed by atoms with Crippen molar-refractivity contribution in [1.29, 1.82) is 0 Å². The molecule has 1 N–H and O–H groups in total. The average Bonchev–Trinajstić information content (AvgIpc) is 2.73. The van der Waals surface area contributed by atoms with Crippen molar-refractivity contribution in [1.82, 2.24) is 9.80 Å². The van der Waals surface area contributed by atoms with Crippen LogP contribution in [-0.4, -0.2) is 60.4 Å². The van der Waals surface area contributed by atoms with Crippen molar-refractivity contribution in [2.45, 2.75) is 26.9 Å². The second-order valence-electron chi connectivity index (χ2n) is 7.73. The lowest BCUT2D eigenvalue weighted by Gasteiger charge is -2.35. The standard InChI is InChI=1S/C23H27Cl2N3O3/c1-15-5-4-6-20(16(15)2)26-22(29)14-27-9-11-28(12-10-27)23(30)17(3)31-21-8-7-18(24)13-19(21)25/h4-8,13,17H,9-12,14H2,1-3H3,(H,26,29). The number of ether oxygens (including phenoxy) is 1. The Kier molecular flexibility index (Phi) is 7.81. The minimum Gasteiger partial charge on any atom is -0.479 e. The van der Waals surface area contributed by atoms with Crippen molar-refractivity contribution in [2.75, 3.05) is 38.0 Å². The predicted molar refractivity (Wildman–Crippen MR) is 124 cm³/mol. The molecule has 8 heteroatoms. The average molecular weight is 464 g/mol. The van der Waals surface area contributed by atoms with Gasteiger partial charge in [-0.25, -0.2) is 0 Å². The molecule has 1 aliphatic rings. The summed E-state index contributed by atoms with van der Waals surface area (Å²) in [6.07, 6.45) is -0.669. The summed E-state index contributed by atoms with van der Waals surface area (Å²) in [5.41, 5.74) is 3.05. The number of anilines is 1. The predicted octanol–water partition coefficient (Wildman–Crippen LogP) is 4.16. The summed E-state index contributed by atoms with van der Waals surface area (Å²) in [5, 5.41) is 3.86. The lowest BCUT2D eigenvalue weighted by atomic mass is 10.1. The Morgan fingerprint density at radius 1 is 1.10 bits per heavy atom. The molecule has 1 heterocycles. The summed E-state index contributed by atoms with van der Waals surface area (Å²) in [5.74, 6) is 0.265. The molecule has 2 aromatic rings. The first-order chi connectivity index (χ1) is 14.7. The van der Waals surface area contributed by atoms with Crippen molar-refractivity contribution < 1.29 is 14.3 Å². The highest BCUT2D eigenvalue weighted by atomic mass is 35.5. The van der Waals surface area contributed by atoms with Crippen molar-refractivity contribution in [3.63, 3.8) is 0 Å². The van der Waals surface area contributed by atoms with E-state index in [0.717, 1.165) is 16.8 Å². The third-order valence-corrected chi connectivity index (χ3v) is 6.01. The van der Waals surface area contributed by atoms with Crippen LogP contribution in [0.5, 0.6) is 5.75 Å². The van der Waals surface area contributed by atoms with Crippen molar-refractivity contribution in [3.8, 4) is 5.75 Å². The molecule has 2 amide bonds. The quantitative estimate of drug-likeness (QED) is 0.698. The molecule has 0 saturated carbocycles. The number of nitrogens with one attached hydrogen (secondary N) is 1. The number of piperazine rings is 1. The summed E-state index contributed by atoms with van der Waals surface area (Å²) < 4.78 is 5.73. The van der Waals surface area contributed by atoms with Gasteiger partial charge in [0.2, 0.25) is 5.91 Å². The monoisotopic (exact) mass is 463 g/mol. The van der Waals surface area contributed by atoms with E-state index in [1.807, 2.05) is 36.9 Å². The third kappa shape index (κ3) is 6.12. The van der Waals surface area contributed by atoms with Crippen molar-refractivity contribution >= 4 is 40.7 Å². The number of rotatable bonds is 6. The molecule has 1 fully saturated rings. The molecule has 0 bridgehead atoms. The number of amides is 2. The second-order valence-corrected chi connectivity index (χ2v) is 8.58. The van der Waals surface area contributed by atoms with Crippen LogP contribution >= 0.6 is 23.2 Å². The zero-order chi connectivity index (χ0) is 22.5. The Morgan fingerprint density at radius 3 is 2.48 bits per heavy atom. The number of carbonyl (C=O) groups excluding carboxylic acids is 2. The fourth-order valence-corrected chi connectivity index (χ4v) is 3.93. The Balaban J connectivity index is 1.47. The highest BCUT2D eigenvalue weighted by Crippen LogP contribution is 2.28. The van der Waals surface area contributed by atoms with E-state index in [0.29, 0.717) is 48.5 Å². The molecule has 6 nitrogen and oxygen atoms in total. The molecular formula is C23H27Cl2N3O3. The highest BCUT2D eigenvalue weighted by molar-refractivity contribution is 6.35. The number of nitrogens with zero attached hydrogens (tertiary/aromatic N) is 2. The molecule has 0 radical (unpaired) electrons. The SMILES string of the molecule is Cc1cccc(NC(=O)CN2CCN(C(=O)C(C)Oc3ccc(Cl)cc3Cl)CC2)c1C. The van der Waals surface area contributed by atoms with Gasteiger partial charge in [0.05, 0.1) is 11.6 Å². The van der Waals surface area contributed by atoms with Gasteiger partial charge in [-0.1, -0.05) is 35.3 Å². The summed E-state index contributed by atoms with van der Waals surface area (Å²) in [7, 11) is 0. The van der Waals surface area contributed by atoms with Crippen LogP contribution in [0, 0.1) is 13.8 Å². The second kappa shape index (κ2) is 10.4. The molecule has 0 aliphatic carbocycles. The van der Waals surface area contributed by atoms with Gasteiger partial charge in [0.15, 0.2) is 6.10 Å². The van der Waals surface area contributed by atoms with Crippen LogP contribution < -0.4 is 10.1 Å². The normalized spacial score (nSPS) is 15.5. The Labute approximate surface area is 193 Å². The van der Waals surface area contributed by atoms with E-state index in [-0.39, 0.29) is 11.8 Å². The van der Waals surface area contributed by atoms with Gasteiger partial charge in [0.1, 0.15) is 5.75 Å². The number of carbonyl (C=O) groups is 2. The van der Waals surface area contributed by atoms with Gasteiger partial charge in [0.25, 0.3) is 5.91 Å². The van der Waals surface area contributed by atoms with E-state index in [9.17, 15) is 9.59 Å². The smallest absolute Gasteiger partial charge is 0.263 e. The number of hydrogen-bond acceptors (Lipinski definition) is 4. The first kappa shape index (κ1) is 23.4. The van der Waals surface area contributed by atoms with Crippen molar-refractivity contribution in [2.24, 2.45) is 0 Å². The molecule has 166 valence electrons. The topological polar surface area (TPSA) is 61.9 Å². The fourth-order valence-electron chi connectivity index (χ4n) is 3.47. The molecule has 31 heavy (non-hydrogen) atoms. The van der Waals surface area contributed by atoms with E-state index < -0.39 is 6.10 Å². The molecule has 0 aromatic heterocycles. The van der Waals surface area contributed by atoms with Gasteiger partial charge >= 0.3 is 0 Å². The van der Waals surface area contributed by atoms with E-state index in [1.54, 1.807) is 30.0 Å². The van der Waals surface area contributed by atoms with Crippen LogP contribution in [0.1, 0.15) is 18.1 Å². The highest BCUT2D eigenvalue weighted by Gasteiger charge is 2.27. The van der Waals surface area contributed by atoms with Gasteiger partial charge in [-0.3, -0.25) is 14.5 Å². The Hall–Kier alpha value is -2.28. The van der Waals surface area contributed by atoms with Gasteiger partial charge in [-0.2, -0.15) is 0 Å². The maximum absolute atomic E-state index is 12.8. The van der Waals surface area contributed by atoms with Crippen LogP contribution in [0.4, 0.5) is 5.69 Å². The number of benzene rings is 2. The summed E-state index contributed by atoms with van der Waals surface area (Å²) in [6, 6.07) is 10.8. The number of halogens is 2. The summed E-state index contributed by atoms with van der Waals surface area (Å²) in [4.78, 5) is 29.0. The number of hydrogen-bond donors (Lipinski definition) is 1. The largest absolute Gasteiger partial charge is 0.479 e. The van der Waals surface area contributed by atoms with Gasteiger partial charge in [-0.15, -0.1) is 0 Å². The molecule has 1 unspecified atom stereocenters. The Bertz CT molecular complexity index is 959. The van der Waals surface area contributed by atoms with E-state index in [1.165, 1.54) is 0 Å². The first-order valence-electron chi connectivity index (χ1n) is 10.2. The zero-order valence-electron chi connectivity index (χ0n) is 18.0. The lowest BCUT2D eigenvalue weighted by molar-refractivity contribution is -0.139. The maximum Gasteiger partial charge on any atom is 0.263 e. The van der Waals surface area contributed by atoms with Crippen LogP contribution in [0.25, 0.3) is 0 Å².